The van der Waals surface area contributed by atoms with E-state index in [0.717, 1.165) is 12.8 Å². The molecule has 0 spiro atoms. The number of rotatable bonds is 6. The Labute approximate surface area is 104 Å². The third kappa shape index (κ3) is 4.21. The highest BCUT2D eigenvalue weighted by atomic mass is 32.2. The molecule has 1 atom stereocenters. The van der Waals surface area contributed by atoms with Crippen molar-refractivity contribution in [3.8, 4) is 0 Å². The van der Waals surface area contributed by atoms with E-state index < -0.39 is 15.3 Å². The minimum absolute atomic E-state index is 0.0121. The van der Waals surface area contributed by atoms with Crippen molar-refractivity contribution in [2.24, 2.45) is 11.1 Å². The zero-order valence-electron chi connectivity index (χ0n) is 10.7. The monoisotopic (exact) mass is 264 g/mol. The number of sulfonamides is 1. The highest BCUT2D eigenvalue weighted by molar-refractivity contribution is 7.90. The molecule has 0 aliphatic carbocycles. The lowest BCUT2D eigenvalue weighted by molar-refractivity contribution is 0.0264. The summed E-state index contributed by atoms with van der Waals surface area (Å²) < 4.78 is 31.9. The molecule has 1 unspecified atom stereocenters. The normalized spacial score (nSPS) is 22.3. The van der Waals surface area contributed by atoms with Crippen LogP contribution in [0.3, 0.4) is 0 Å². The van der Waals surface area contributed by atoms with Gasteiger partial charge in [0.1, 0.15) is 0 Å². The first-order valence-corrected chi connectivity index (χ1v) is 7.74. The Morgan fingerprint density at radius 2 is 2.00 bits per heavy atom. The SMILES string of the molecule is CCC(CN)S(=O)(=O)NCC1(C)CCOCC1. The molecule has 1 fully saturated rings. The molecule has 0 amide bonds. The average molecular weight is 264 g/mol. The van der Waals surface area contributed by atoms with Gasteiger partial charge in [0.2, 0.25) is 10.0 Å². The van der Waals surface area contributed by atoms with Crippen molar-refractivity contribution in [3.63, 3.8) is 0 Å². The van der Waals surface area contributed by atoms with E-state index in [1.54, 1.807) is 0 Å². The Balaban J connectivity index is 2.54. The van der Waals surface area contributed by atoms with E-state index in [2.05, 4.69) is 11.6 Å². The first-order chi connectivity index (χ1) is 7.93. The van der Waals surface area contributed by atoms with Gasteiger partial charge in [-0.2, -0.15) is 0 Å². The first kappa shape index (κ1) is 14.9. The van der Waals surface area contributed by atoms with Crippen LogP contribution in [0.5, 0.6) is 0 Å². The molecule has 0 saturated carbocycles. The van der Waals surface area contributed by atoms with Crippen LogP contribution >= 0.6 is 0 Å². The van der Waals surface area contributed by atoms with Gasteiger partial charge in [-0.15, -0.1) is 0 Å². The summed E-state index contributed by atoms with van der Waals surface area (Å²) in [7, 11) is -3.28. The third-order valence-corrected chi connectivity index (χ3v) is 5.51. The van der Waals surface area contributed by atoms with Crippen LogP contribution in [0.1, 0.15) is 33.1 Å². The van der Waals surface area contributed by atoms with E-state index in [1.807, 2.05) is 6.92 Å². The molecular weight excluding hydrogens is 240 g/mol. The van der Waals surface area contributed by atoms with Crippen LogP contribution in [0.25, 0.3) is 0 Å². The van der Waals surface area contributed by atoms with E-state index >= 15 is 0 Å². The maximum atomic E-state index is 12.0. The maximum Gasteiger partial charge on any atom is 0.215 e. The van der Waals surface area contributed by atoms with Crippen LogP contribution < -0.4 is 10.5 Å². The van der Waals surface area contributed by atoms with Gasteiger partial charge in [-0.05, 0) is 24.7 Å². The first-order valence-electron chi connectivity index (χ1n) is 6.20. The van der Waals surface area contributed by atoms with Crippen LogP contribution in [0.15, 0.2) is 0 Å². The second-order valence-corrected chi connectivity index (χ2v) is 7.10. The minimum Gasteiger partial charge on any atom is -0.381 e. The Bertz CT molecular complexity index is 320. The summed E-state index contributed by atoms with van der Waals surface area (Å²) in [6.07, 6.45) is 2.34. The van der Waals surface area contributed by atoms with Gasteiger partial charge in [0.05, 0.1) is 5.25 Å². The smallest absolute Gasteiger partial charge is 0.215 e. The number of hydrogen-bond acceptors (Lipinski definition) is 4. The van der Waals surface area contributed by atoms with E-state index in [-0.39, 0.29) is 12.0 Å². The molecule has 1 heterocycles. The molecule has 1 aliphatic heterocycles. The Morgan fingerprint density at radius 3 is 2.47 bits per heavy atom. The van der Waals surface area contributed by atoms with Crippen molar-refractivity contribution in [3.05, 3.63) is 0 Å². The summed E-state index contributed by atoms with van der Waals surface area (Å²) in [5.41, 5.74) is 5.48. The van der Waals surface area contributed by atoms with Crippen LogP contribution in [-0.4, -0.2) is 40.0 Å². The largest absolute Gasteiger partial charge is 0.381 e. The molecule has 1 rings (SSSR count). The van der Waals surface area contributed by atoms with Gasteiger partial charge in [0, 0.05) is 26.3 Å². The fourth-order valence-corrected chi connectivity index (χ4v) is 3.42. The second kappa shape index (κ2) is 6.13. The number of nitrogens with two attached hydrogens (primary N) is 1. The lowest BCUT2D eigenvalue weighted by Gasteiger charge is -2.33. The minimum atomic E-state index is -3.28. The summed E-state index contributed by atoms with van der Waals surface area (Å²) in [4.78, 5) is 0. The van der Waals surface area contributed by atoms with Gasteiger partial charge in [0.25, 0.3) is 0 Å². The summed E-state index contributed by atoms with van der Waals surface area (Å²) in [5.74, 6) is 0. The molecule has 0 aromatic rings. The van der Waals surface area contributed by atoms with Crippen molar-refractivity contribution in [2.75, 3.05) is 26.3 Å². The Kier molecular flexibility index (Phi) is 5.37. The number of nitrogens with one attached hydrogen (secondary N) is 1. The Morgan fingerprint density at radius 1 is 1.41 bits per heavy atom. The number of ether oxygens (including phenoxy) is 1. The maximum absolute atomic E-state index is 12.0. The molecule has 0 aromatic carbocycles. The van der Waals surface area contributed by atoms with Crippen molar-refractivity contribution >= 4 is 10.0 Å². The average Bonchev–Trinajstić information content (AvgIpc) is 2.29. The van der Waals surface area contributed by atoms with Gasteiger partial charge >= 0.3 is 0 Å². The number of hydrogen-bond donors (Lipinski definition) is 2. The lowest BCUT2D eigenvalue weighted by Crippen LogP contribution is -2.44. The lowest BCUT2D eigenvalue weighted by atomic mass is 9.83. The van der Waals surface area contributed by atoms with Crippen molar-refractivity contribution in [1.82, 2.24) is 4.72 Å². The van der Waals surface area contributed by atoms with Gasteiger partial charge in [0.15, 0.2) is 0 Å². The van der Waals surface area contributed by atoms with E-state index in [1.165, 1.54) is 0 Å². The summed E-state index contributed by atoms with van der Waals surface area (Å²) in [5, 5.41) is -0.481. The van der Waals surface area contributed by atoms with Gasteiger partial charge in [-0.1, -0.05) is 13.8 Å². The summed E-state index contributed by atoms with van der Waals surface area (Å²) >= 11 is 0. The molecule has 6 heteroatoms. The molecular formula is C11H24N2O3S. The zero-order valence-corrected chi connectivity index (χ0v) is 11.6. The predicted octanol–water partition coefficient (Wildman–Crippen LogP) is 0.460. The third-order valence-electron chi connectivity index (χ3n) is 3.56. The van der Waals surface area contributed by atoms with Gasteiger partial charge < -0.3 is 10.5 Å². The predicted molar refractivity (Wildman–Crippen MR) is 68.2 cm³/mol. The standard InChI is InChI=1S/C11H24N2O3S/c1-3-10(8-12)17(14,15)13-9-11(2)4-6-16-7-5-11/h10,13H,3-9,12H2,1-2H3. The zero-order chi connectivity index (χ0) is 12.9. The molecule has 3 N–H and O–H groups in total. The molecule has 0 radical (unpaired) electrons. The fraction of sp³-hybridized carbons (Fsp3) is 1.00. The molecule has 1 aliphatic rings. The fourth-order valence-electron chi connectivity index (χ4n) is 1.95. The topological polar surface area (TPSA) is 81.4 Å². The summed E-state index contributed by atoms with van der Waals surface area (Å²) in [6.45, 7) is 6.02. The summed E-state index contributed by atoms with van der Waals surface area (Å²) in [6, 6.07) is 0. The van der Waals surface area contributed by atoms with Gasteiger partial charge in [-0.25, -0.2) is 13.1 Å². The van der Waals surface area contributed by atoms with Gasteiger partial charge in [-0.3, -0.25) is 0 Å². The molecule has 0 bridgehead atoms. The van der Waals surface area contributed by atoms with E-state index in [9.17, 15) is 8.42 Å². The highest BCUT2D eigenvalue weighted by Gasteiger charge is 2.30. The quantitative estimate of drug-likeness (QED) is 0.730. The van der Waals surface area contributed by atoms with Crippen LogP contribution in [0, 0.1) is 5.41 Å². The van der Waals surface area contributed by atoms with Crippen molar-refractivity contribution in [1.29, 1.82) is 0 Å². The van der Waals surface area contributed by atoms with E-state index in [4.69, 9.17) is 10.5 Å². The molecule has 17 heavy (non-hydrogen) atoms. The molecule has 5 nitrogen and oxygen atoms in total. The molecule has 0 aromatic heterocycles. The highest BCUT2D eigenvalue weighted by Crippen LogP contribution is 2.29. The van der Waals surface area contributed by atoms with Crippen LogP contribution in [0.2, 0.25) is 0 Å². The van der Waals surface area contributed by atoms with Crippen LogP contribution in [0.4, 0.5) is 0 Å². The Hall–Kier alpha value is -0.170. The van der Waals surface area contributed by atoms with Crippen molar-refractivity contribution < 1.29 is 13.2 Å². The second-order valence-electron chi connectivity index (χ2n) is 5.06. The molecule has 1 saturated heterocycles. The molecule has 102 valence electrons. The van der Waals surface area contributed by atoms with Crippen molar-refractivity contribution in [2.45, 2.75) is 38.4 Å². The van der Waals surface area contributed by atoms with Crippen LogP contribution in [-0.2, 0) is 14.8 Å². The van der Waals surface area contributed by atoms with E-state index in [0.29, 0.717) is 26.2 Å².